The smallest absolute Gasteiger partial charge is 0.149 e. The van der Waals surface area contributed by atoms with E-state index in [4.69, 9.17) is 0 Å². The highest BCUT2D eigenvalue weighted by Gasteiger charge is 1.88. The zero-order valence-corrected chi connectivity index (χ0v) is 8.18. The molecule has 0 amide bonds. The van der Waals surface area contributed by atoms with E-state index in [1.165, 1.54) is 0 Å². The lowest BCUT2D eigenvalue weighted by Gasteiger charge is -1.93. The summed E-state index contributed by atoms with van der Waals surface area (Å²) in [4.78, 5) is 14.6. The molecule has 0 aliphatic heterocycles. The lowest BCUT2D eigenvalue weighted by molar-refractivity contribution is -0.104. The minimum atomic E-state index is 0.695. The maximum Gasteiger partial charge on any atom is 0.149 e. The molecule has 1 rings (SSSR count). The summed E-state index contributed by atoms with van der Waals surface area (Å²) in [6, 6.07) is 5.79. The second-order valence-electron chi connectivity index (χ2n) is 2.83. The van der Waals surface area contributed by atoms with Gasteiger partial charge < -0.3 is 0 Å². The molecule has 72 valence electrons. The third kappa shape index (κ3) is 3.35. The van der Waals surface area contributed by atoms with Crippen molar-refractivity contribution in [1.82, 2.24) is 4.98 Å². The van der Waals surface area contributed by atoms with Crippen molar-refractivity contribution in [2.45, 2.75) is 13.3 Å². The largest absolute Gasteiger partial charge is 0.298 e. The third-order valence-electron chi connectivity index (χ3n) is 1.83. The van der Waals surface area contributed by atoms with Crippen molar-refractivity contribution in [3.8, 4) is 0 Å². The molecule has 0 bridgehead atoms. The lowest BCUT2D eigenvalue weighted by atomic mass is 10.2. The molecule has 0 N–H and O–H groups in total. The zero-order chi connectivity index (χ0) is 10.2. The first-order chi connectivity index (χ1) is 6.86. The summed E-state index contributed by atoms with van der Waals surface area (Å²) in [7, 11) is 0. The van der Waals surface area contributed by atoms with Crippen LogP contribution in [0, 0.1) is 0 Å². The molecule has 14 heavy (non-hydrogen) atoms. The Kier molecular flexibility index (Phi) is 4.35. The monoisotopic (exact) mass is 187 g/mol. The predicted molar refractivity (Wildman–Crippen MR) is 56.9 cm³/mol. The van der Waals surface area contributed by atoms with Gasteiger partial charge in [0.2, 0.25) is 0 Å². The molecule has 0 saturated heterocycles. The van der Waals surface area contributed by atoms with E-state index in [1.54, 1.807) is 12.3 Å². The van der Waals surface area contributed by atoms with E-state index < -0.39 is 0 Å². The quantitative estimate of drug-likeness (QED) is 0.411. The second-order valence-corrected chi connectivity index (χ2v) is 2.83. The van der Waals surface area contributed by atoms with Gasteiger partial charge in [0.1, 0.15) is 6.29 Å². The first-order valence-corrected chi connectivity index (χ1v) is 4.54. The van der Waals surface area contributed by atoms with Crippen molar-refractivity contribution >= 4 is 6.29 Å². The fraction of sp³-hybridized carbons (Fsp3) is 0.167. The van der Waals surface area contributed by atoms with Crippen LogP contribution >= 0.6 is 0 Å². The second kappa shape index (κ2) is 5.86. The summed E-state index contributed by atoms with van der Waals surface area (Å²) in [5.41, 5.74) is 1.70. The number of hydrogen-bond donors (Lipinski definition) is 0. The Morgan fingerprint density at radius 1 is 1.50 bits per heavy atom. The van der Waals surface area contributed by atoms with E-state index in [1.807, 2.05) is 37.3 Å². The Morgan fingerprint density at radius 2 is 2.36 bits per heavy atom. The molecular formula is C12H13NO. The molecule has 1 heterocycles. The maximum absolute atomic E-state index is 10.4. The van der Waals surface area contributed by atoms with E-state index in [9.17, 15) is 4.79 Å². The number of aromatic nitrogens is 1. The molecule has 0 saturated carbocycles. The van der Waals surface area contributed by atoms with Crippen LogP contribution in [0.4, 0.5) is 0 Å². The fourth-order valence-electron chi connectivity index (χ4n) is 1.04. The normalized spacial score (nSPS) is 11.9. The SMILES string of the molecule is C/C=C(C=O)\C=C/Cc1ccccn1. The average Bonchev–Trinajstić information content (AvgIpc) is 2.26. The molecule has 2 heteroatoms. The number of aldehydes is 1. The van der Waals surface area contributed by atoms with Gasteiger partial charge >= 0.3 is 0 Å². The van der Waals surface area contributed by atoms with E-state index in [2.05, 4.69) is 4.98 Å². The van der Waals surface area contributed by atoms with Crippen LogP contribution in [0.3, 0.4) is 0 Å². The van der Waals surface area contributed by atoms with E-state index >= 15 is 0 Å². The number of carbonyl (C=O) groups is 1. The molecule has 2 nitrogen and oxygen atoms in total. The van der Waals surface area contributed by atoms with Gasteiger partial charge in [-0.05, 0) is 19.1 Å². The van der Waals surface area contributed by atoms with Crippen molar-refractivity contribution in [1.29, 1.82) is 0 Å². The van der Waals surface area contributed by atoms with Crippen molar-refractivity contribution < 1.29 is 4.79 Å². The summed E-state index contributed by atoms with van der Waals surface area (Å²) in [5, 5.41) is 0. The molecule has 0 radical (unpaired) electrons. The van der Waals surface area contributed by atoms with Gasteiger partial charge in [0.05, 0.1) is 0 Å². The predicted octanol–water partition coefficient (Wildman–Crippen LogP) is 2.33. The first kappa shape index (κ1) is 10.4. The molecule has 1 aromatic heterocycles. The third-order valence-corrected chi connectivity index (χ3v) is 1.83. The number of carbonyl (C=O) groups excluding carboxylic acids is 1. The Bertz CT molecular complexity index is 339. The van der Waals surface area contributed by atoms with Gasteiger partial charge in [-0.15, -0.1) is 0 Å². The lowest BCUT2D eigenvalue weighted by Crippen LogP contribution is -1.85. The van der Waals surface area contributed by atoms with Gasteiger partial charge in [-0.25, -0.2) is 0 Å². The molecule has 0 aliphatic carbocycles. The van der Waals surface area contributed by atoms with Crippen molar-refractivity contribution in [2.24, 2.45) is 0 Å². The van der Waals surface area contributed by atoms with Gasteiger partial charge in [0, 0.05) is 23.9 Å². The highest BCUT2D eigenvalue weighted by Crippen LogP contribution is 1.98. The molecule has 1 aromatic rings. The minimum absolute atomic E-state index is 0.695. The Labute approximate surface area is 84.0 Å². The summed E-state index contributed by atoms with van der Waals surface area (Å²) < 4.78 is 0. The van der Waals surface area contributed by atoms with Crippen LogP contribution in [0.15, 0.2) is 48.2 Å². The van der Waals surface area contributed by atoms with Crippen LogP contribution in [-0.2, 0) is 11.2 Å². The fourth-order valence-corrected chi connectivity index (χ4v) is 1.04. The zero-order valence-electron chi connectivity index (χ0n) is 8.18. The Morgan fingerprint density at radius 3 is 2.93 bits per heavy atom. The van der Waals surface area contributed by atoms with Crippen LogP contribution in [0.1, 0.15) is 12.6 Å². The van der Waals surface area contributed by atoms with Gasteiger partial charge in [-0.3, -0.25) is 9.78 Å². The molecular weight excluding hydrogens is 174 g/mol. The number of pyridine rings is 1. The average molecular weight is 187 g/mol. The number of nitrogens with zero attached hydrogens (tertiary/aromatic N) is 1. The Hall–Kier alpha value is -1.70. The van der Waals surface area contributed by atoms with E-state index in [0.717, 1.165) is 18.4 Å². The molecule has 0 unspecified atom stereocenters. The summed E-state index contributed by atoms with van der Waals surface area (Å²) in [6.45, 7) is 1.84. The van der Waals surface area contributed by atoms with Crippen molar-refractivity contribution in [3.05, 3.63) is 53.9 Å². The number of rotatable bonds is 4. The summed E-state index contributed by atoms with van der Waals surface area (Å²) >= 11 is 0. The van der Waals surface area contributed by atoms with Crippen LogP contribution in [-0.4, -0.2) is 11.3 Å². The highest BCUT2D eigenvalue weighted by molar-refractivity contribution is 5.77. The van der Waals surface area contributed by atoms with Crippen LogP contribution in [0.2, 0.25) is 0 Å². The summed E-state index contributed by atoms with van der Waals surface area (Å²) in [5.74, 6) is 0. The van der Waals surface area contributed by atoms with Crippen molar-refractivity contribution in [2.75, 3.05) is 0 Å². The van der Waals surface area contributed by atoms with E-state index in [-0.39, 0.29) is 0 Å². The van der Waals surface area contributed by atoms with Gasteiger partial charge in [0.25, 0.3) is 0 Å². The van der Waals surface area contributed by atoms with Gasteiger partial charge in [-0.1, -0.05) is 24.3 Å². The topological polar surface area (TPSA) is 30.0 Å². The number of allylic oxidation sites excluding steroid dienone is 4. The molecule has 0 aliphatic rings. The minimum Gasteiger partial charge on any atom is -0.298 e. The molecule has 0 spiro atoms. The maximum atomic E-state index is 10.4. The van der Waals surface area contributed by atoms with Crippen LogP contribution in [0.25, 0.3) is 0 Å². The van der Waals surface area contributed by atoms with Crippen LogP contribution in [0.5, 0.6) is 0 Å². The molecule has 0 atom stereocenters. The Balaban J connectivity index is 2.53. The molecule has 0 aromatic carbocycles. The van der Waals surface area contributed by atoms with Crippen LogP contribution < -0.4 is 0 Å². The van der Waals surface area contributed by atoms with E-state index in [0.29, 0.717) is 5.57 Å². The summed E-state index contributed by atoms with van der Waals surface area (Å²) in [6.07, 6.45) is 8.88. The molecule has 0 fully saturated rings. The van der Waals surface area contributed by atoms with Gasteiger partial charge in [0.15, 0.2) is 0 Å². The van der Waals surface area contributed by atoms with Gasteiger partial charge in [-0.2, -0.15) is 0 Å². The first-order valence-electron chi connectivity index (χ1n) is 4.54. The standard InChI is InChI=1S/C12H13NO/c1-2-11(10-14)6-5-8-12-7-3-4-9-13-12/h2-7,9-10H,8H2,1H3/b6-5-,11-2+. The number of hydrogen-bond acceptors (Lipinski definition) is 2. The van der Waals surface area contributed by atoms with Crippen molar-refractivity contribution in [3.63, 3.8) is 0 Å². The highest BCUT2D eigenvalue weighted by atomic mass is 16.1.